The summed E-state index contributed by atoms with van der Waals surface area (Å²) in [6.45, 7) is 1.80. The second-order valence-electron chi connectivity index (χ2n) is 7.83. The Morgan fingerprint density at radius 1 is 1.00 bits per heavy atom. The second kappa shape index (κ2) is 6.83. The predicted molar refractivity (Wildman–Crippen MR) is 111 cm³/mol. The Bertz CT molecular complexity index is 996. The number of aromatic nitrogens is 3. The maximum Gasteiger partial charge on any atom is 0.245 e. The van der Waals surface area contributed by atoms with Crippen LogP contribution in [0.25, 0.3) is 11.3 Å². The first-order chi connectivity index (χ1) is 13.7. The van der Waals surface area contributed by atoms with E-state index >= 15 is 0 Å². The molecule has 0 bridgehead atoms. The molecule has 1 atom stereocenters. The molecule has 1 aliphatic heterocycles. The van der Waals surface area contributed by atoms with Crippen LogP contribution in [0.1, 0.15) is 30.0 Å². The van der Waals surface area contributed by atoms with E-state index in [1.54, 1.807) is 6.20 Å². The molecule has 2 aromatic carbocycles. The van der Waals surface area contributed by atoms with Crippen molar-refractivity contribution in [1.82, 2.24) is 15.2 Å². The SMILES string of the molecule is N[C@@H]1c2ccccc2CC12CCN(c1ncc(-c3ccccc3Cl)nn1)CC2. The van der Waals surface area contributed by atoms with Crippen molar-refractivity contribution in [3.05, 3.63) is 70.9 Å². The van der Waals surface area contributed by atoms with E-state index in [1.165, 1.54) is 11.1 Å². The van der Waals surface area contributed by atoms with Crippen LogP contribution in [0.4, 0.5) is 5.95 Å². The molecule has 2 aliphatic rings. The summed E-state index contributed by atoms with van der Waals surface area (Å²) in [5, 5.41) is 9.38. The van der Waals surface area contributed by atoms with Gasteiger partial charge in [-0.2, -0.15) is 0 Å². The van der Waals surface area contributed by atoms with Gasteiger partial charge in [0.2, 0.25) is 5.95 Å². The van der Waals surface area contributed by atoms with Crippen molar-refractivity contribution in [1.29, 1.82) is 0 Å². The van der Waals surface area contributed by atoms with E-state index in [0.29, 0.717) is 16.7 Å². The summed E-state index contributed by atoms with van der Waals surface area (Å²) in [5.74, 6) is 0.676. The van der Waals surface area contributed by atoms with Gasteiger partial charge in [-0.1, -0.05) is 54.1 Å². The summed E-state index contributed by atoms with van der Waals surface area (Å²) in [7, 11) is 0. The van der Waals surface area contributed by atoms with Gasteiger partial charge >= 0.3 is 0 Å². The monoisotopic (exact) mass is 391 g/mol. The minimum absolute atomic E-state index is 0.118. The van der Waals surface area contributed by atoms with Crippen LogP contribution in [-0.4, -0.2) is 28.3 Å². The van der Waals surface area contributed by atoms with Gasteiger partial charge in [0.05, 0.1) is 11.2 Å². The molecular formula is C22H22ClN5. The summed E-state index contributed by atoms with van der Waals surface area (Å²) in [5.41, 5.74) is 11.1. The van der Waals surface area contributed by atoms with Crippen molar-refractivity contribution >= 4 is 17.5 Å². The summed E-state index contributed by atoms with van der Waals surface area (Å²) in [6, 6.07) is 16.3. The van der Waals surface area contributed by atoms with Gasteiger partial charge in [-0.25, -0.2) is 4.98 Å². The first-order valence-corrected chi connectivity index (χ1v) is 10.1. The minimum Gasteiger partial charge on any atom is -0.339 e. The lowest BCUT2D eigenvalue weighted by Gasteiger charge is -2.42. The predicted octanol–water partition coefficient (Wildman–Crippen LogP) is 4.03. The number of hydrogen-bond acceptors (Lipinski definition) is 5. The third-order valence-corrected chi connectivity index (χ3v) is 6.66. The lowest BCUT2D eigenvalue weighted by molar-refractivity contribution is 0.187. The molecule has 1 saturated heterocycles. The van der Waals surface area contributed by atoms with Crippen molar-refractivity contribution in [3.8, 4) is 11.3 Å². The maximum atomic E-state index is 6.66. The zero-order chi connectivity index (χ0) is 19.1. The van der Waals surface area contributed by atoms with Gasteiger partial charge in [-0.15, -0.1) is 10.2 Å². The van der Waals surface area contributed by atoms with Gasteiger partial charge in [0, 0.05) is 24.7 Å². The zero-order valence-electron chi connectivity index (χ0n) is 15.6. The average molecular weight is 392 g/mol. The Balaban J connectivity index is 1.31. The molecule has 0 radical (unpaired) electrons. The molecule has 1 fully saturated rings. The Hall–Kier alpha value is -2.50. The molecule has 0 unspecified atom stereocenters. The minimum atomic E-state index is 0.118. The van der Waals surface area contributed by atoms with Gasteiger partial charge in [0.1, 0.15) is 5.69 Å². The van der Waals surface area contributed by atoms with Crippen molar-refractivity contribution in [2.45, 2.75) is 25.3 Å². The van der Waals surface area contributed by atoms with Gasteiger partial charge in [-0.05, 0) is 41.9 Å². The number of anilines is 1. The Morgan fingerprint density at radius 3 is 2.46 bits per heavy atom. The summed E-state index contributed by atoms with van der Waals surface area (Å²) < 4.78 is 0. The fourth-order valence-corrected chi connectivity index (χ4v) is 4.90. The normalized spacial score (nSPS) is 20.4. The number of fused-ring (bicyclic) bond motifs is 1. The van der Waals surface area contributed by atoms with Crippen LogP contribution < -0.4 is 10.6 Å². The molecule has 142 valence electrons. The van der Waals surface area contributed by atoms with E-state index < -0.39 is 0 Å². The van der Waals surface area contributed by atoms with Crippen molar-refractivity contribution in [3.63, 3.8) is 0 Å². The number of rotatable bonds is 2. The van der Waals surface area contributed by atoms with Crippen LogP contribution >= 0.6 is 11.6 Å². The van der Waals surface area contributed by atoms with E-state index in [1.807, 2.05) is 24.3 Å². The van der Waals surface area contributed by atoms with Gasteiger partial charge in [0.15, 0.2) is 0 Å². The molecule has 2 N–H and O–H groups in total. The van der Waals surface area contributed by atoms with E-state index in [-0.39, 0.29) is 11.5 Å². The van der Waals surface area contributed by atoms with Crippen LogP contribution in [-0.2, 0) is 6.42 Å². The van der Waals surface area contributed by atoms with Gasteiger partial charge in [-0.3, -0.25) is 0 Å². The number of benzene rings is 2. The molecule has 5 nitrogen and oxygen atoms in total. The fourth-order valence-electron chi connectivity index (χ4n) is 4.66. The van der Waals surface area contributed by atoms with Crippen molar-refractivity contribution in [2.24, 2.45) is 11.1 Å². The first-order valence-electron chi connectivity index (χ1n) is 9.69. The smallest absolute Gasteiger partial charge is 0.245 e. The van der Waals surface area contributed by atoms with E-state index in [0.717, 1.165) is 37.9 Å². The van der Waals surface area contributed by atoms with Crippen LogP contribution in [0.3, 0.4) is 0 Å². The number of nitrogens with zero attached hydrogens (tertiary/aromatic N) is 4. The molecule has 6 heteroatoms. The molecule has 1 aromatic heterocycles. The molecule has 3 aromatic rings. The molecule has 2 heterocycles. The van der Waals surface area contributed by atoms with Gasteiger partial charge < -0.3 is 10.6 Å². The number of halogens is 1. The quantitative estimate of drug-likeness (QED) is 0.714. The maximum absolute atomic E-state index is 6.66. The highest BCUT2D eigenvalue weighted by atomic mass is 35.5. The van der Waals surface area contributed by atoms with Crippen molar-refractivity contribution in [2.75, 3.05) is 18.0 Å². The zero-order valence-corrected chi connectivity index (χ0v) is 16.3. The van der Waals surface area contributed by atoms with Crippen LogP contribution in [0.15, 0.2) is 54.7 Å². The van der Waals surface area contributed by atoms with E-state index in [2.05, 4.69) is 44.3 Å². The fraction of sp³-hybridized carbons (Fsp3) is 0.318. The second-order valence-corrected chi connectivity index (χ2v) is 8.23. The first kappa shape index (κ1) is 17.6. The largest absolute Gasteiger partial charge is 0.339 e. The third-order valence-electron chi connectivity index (χ3n) is 6.33. The highest BCUT2D eigenvalue weighted by Crippen LogP contribution is 2.50. The summed E-state index contributed by atoms with van der Waals surface area (Å²) >= 11 is 6.25. The van der Waals surface area contributed by atoms with Crippen LogP contribution in [0.2, 0.25) is 5.02 Å². The lowest BCUT2D eigenvalue weighted by Crippen LogP contribution is -2.45. The number of piperidine rings is 1. The summed E-state index contributed by atoms with van der Waals surface area (Å²) in [4.78, 5) is 6.77. The standard InChI is InChI=1S/C22H22ClN5/c23-18-8-4-3-7-17(18)19-14-25-21(27-26-19)28-11-9-22(10-12-28)13-15-5-1-2-6-16(15)20(22)24/h1-8,14,20H,9-13,24H2/t20-/m1/s1. The Kier molecular flexibility index (Phi) is 4.29. The summed E-state index contributed by atoms with van der Waals surface area (Å²) in [6.07, 6.45) is 4.91. The van der Waals surface area contributed by atoms with Gasteiger partial charge in [0.25, 0.3) is 0 Å². The molecule has 1 spiro atoms. The Morgan fingerprint density at radius 2 is 1.75 bits per heavy atom. The van der Waals surface area contributed by atoms with Crippen LogP contribution in [0.5, 0.6) is 0 Å². The third kappa shape index (κ3) is 2.86. The Labute approximate surface area is 169 Å². The molecule has 0 saturated carbocycles. The number of hydrogen-bond donors (Lipinski definition) is 1. The number of nitrogens with two attached hydrogens (primary N) is 1. The molecule has 0 amide bonds. The average Bonchev–Trinajstić information content (AvgIpc) is 3.01. The highest BCUT2D eigenvalue weighted by Gasteiger charge is 2.46. The lowest BCUT2D eigenvalue weighted by atomic mass is 9.73. The van der Waals surface area contributed by atoms with Crippen LogP contribution in [0, 0.1) is 5.41 Å². The molecule has 5 rings (SSSR count). The van der Waals surface area contributed by atoms with E-state index in [9.17, 15) is 0 Å². The molecule has 1 aliphatic carbocycles. The van der Waals surface area contributed by atoms with E-state index in [4.69, 9.17) is 17.3 Å². The highest BCUT2D eigenvalue weighted by molar-refractivity contribution is 6.33. The topological polar surface area (TPSA) is 67.9 Å². The molecular weight excluding hydrogens is 370 g/mol. The van der Waals surface area contributed by atoms with Crippen molar-refractivity contribution < 1.29 is 0 Å². The molecule has 28 heavy (non-hydrogen) atoms.